The van der Waals surface area contributed by atoms with Crippen molar-refractivity contribution in [3.05, 3.63) is 133 Å². The summed E-state index contributed by atoms with van der Waals surface area (Å²) in [6.07, 6.45) is 3.34. The molecule has 1 N–H and O–H groups in total. The van der Waals surface area contributed by atoms with E-state index in [1.807, 2.05) is 60.7 Å². The van der Waals surface area contributed by atoms with Gasteiger partial charge in [-0.2, -0.15) is 0 Å². The summed E-state index contributed by atoms with van der Waals surface area (Å²) >= 11 is 0. The molecule has 6 aromatic carbocycles. The second kappa shape index (κ2) is 16.4. The highest BCUT2D eigenvalue weighted by Gasteiger charge is 2.14. The van der Waals surface area contributed by atoms with Crippen LogP contribution in [0.15, 0.2) is 122 Å². The molecule has 0 aliphatic rings. The lowest BCUT2D eigenvalue weighted by Gasteiger charge is -2.13. The van der Waals surface area contributed by atoms with Gasteiger partial charge in [-0.1, -0.05) is 24.3 Å². The fourth-order valence-corrected chi connectivity index (χ4v) is 6.28. The van der Waals surface area contributed by atoms with Crippen LogP contribution in [-0.2, 0) is 4.74 Å². The fourth-order valence-electron chi connectivity index (χ4n) is 6.28. The molecule has 0 spiro atoms. The van der Waals surface area contributed by atoms with Crippen LogP contribution in [0.5, 0.6) is 46.0 Å². The first-order valence-electron chi connectivity index (χ1n) is 17.5. The standard InChI is InChI=1S/C23H19NO5.C22H17NO5/c1-26-21-12-18-19(13-22(21)27-2)24-9-8-20(18)29-17-7-6-14-4-5-15(23(25)28-3)10-16(14)11-17;1-26-20-11-17-18(12-21(20)27-2)23-8-7-19(17)28-16-6-5-13-3-4-14(22(24)25)9-15(13)10-16/h4-13H,1-3H3;3-12H,1-2H3,(H,24,25). The second-order valence-corrected chi connectivity index (χ2v) is 12.5. The Balaban J connectivity index is 0.000000174. The molecule has 8 aromatic rings. The molecule has 12 nitrogen and oxygen atoms in total. The van der Waals surface area contributed by atoms with Crippen molar-refractivity contribution in [1.29, 1.82) is 0 Å². The lowest BCUT2D eigenvalue weighted by atomic mass is 10.1. The Labute approximate surface area is 326 Å². The molecule has 0 aliphatic heterocycles. The van der Waals surface area contributed by atoms with Crippen LogP contribution in [0.4, 0.5) is 0 Å². The Bertz CT molecular complexity index is 2800. The van der Waals surface area contributed by atoms with Crippen LogP contribution in [0.3, 0.4) is 0 Å². The van der Waals surface area contributed by atoms with Crippen LogP contribution in [0.25, 0.3) is 43.4 Å². The second-order valence-electron chi connectivity index (χ2n) is 12.5. The van der Waals surface area contributed by atoms with Gasteiger partial charge in [0.1, 0.15) is 23.0 Å². The van der Waals surface area contributed by atoms with Gasteiger partial charge >= 0.3 is 11.9 Å². The van der Waals surface area contributed by atoms with E-state index in [2.05, 4.69) is 9.97 Å². The van der Waals surface area contributed by atoms with Gasteiger partial charge in [-0.15, -0.1) is 0 Å². The number of carboxylic acid groups (broad SMARTS) is 1. The maximum atomic E-state index is 11.8. The molecule has 2 aromatic heterocycles. The number of ether oxygens (including phenoxy) is 7. The number of hydrogen-bond donors (Lipinski definition) is 1. The third-order valence-corrected chi connectivity index (χ3v) is 9.16. The van der Waals surface area contributed by atoms with Crippen LogP contribution >= 0.6 is 0 Å². The summed E-state index contributed by atoms with van der Waals surface area (Å²) in [5.74, 6) is 3.51. The molecule has 0 fully saturated rings. The number of rotatable bonds is 10. The number of esters is 1. The first-order chi connectivity index (χ1) is 27.7. The van der Waals surface area contributed by atoms with E-state index in [1.54, 1.807) is 89.4 Å². The zero-order chi connectivity index (χ0) is 40.1. The lowest BCUT2D eigenvalue weighted by molar-refractivity contribution is 0.0600. The largest absolute Gasteiger partial charge is 0.493 e. The third-order valence-electron chi connectivity index (χ3n) is 9.16. The molecular formula is C45H36N2O10. The zero-order valence-electron chi connectivity index (χ0n) is 31.6. The number of methoxy groups -OCH3 is 5. The summed E-state index contributed by atoms with van der Waals surface area (Å²) in [4.78, 5) is 31.8. The predicted molar refractivity (Wildman–Crippen MR) is 216 cm³/mol. The Hall–Kier alpha value is -7.60. The number of pyridine rings is 2. The molecule has 0 amide bonds. The molecule has 8 rings (SSSR count). The van der Waals surface area contributed by atoms with Crippen LogP contribution in [-0.4, -0.2) is 62.6 Å². The molecule has 0 aliphatic carbocycles. The van der Waals surface area contributed by atoms with E-state index in [-0.39, 0.29) is 11.5 Å². The van der Waals surface area contributed by atoms with E-state index in [0.717, 1.165) is 37.8 Å². The Kier molecular flexibility index (Phi) is 10.9. The number of hydrogen-bond acceptors (Lipinski definition) is 11. The summed E-state index contributed by atoms with van der Waals surface area (Å²) in [6.45, 7) is 0. The average molecular weight is 765 g/mol. The van der Waals surface area contributed by atoms with Crippen molar-refractivity contribution in [3.8, 4) is 46.0 Å². The molecule has 12 heteroatoms. The van der Waals surface area contributed by atoms with Gasteiger partial charge in [-0.3, -0.25) is 9.97 Å². The van der Waals surface area contributed by atoms with Crippen molar-refractivity contribution in [3.63, 3.8) is 0 Å². The average Bonchev–Trinajstić information content (AvgIpc) is 3.25. The highest BCUT2D eigenvalue weighted by molar-refractivity contribution is 5.97. The summed E-state index contributed by atoms with van der Waals surface area (Å²) in [7, 11) is 7.68. The van der Waals surface area contributed by atoms with E-state index in [1.165, 1.54) is 7.11 Å². The summed E-state index contributed by atoms with van der Waals surface area (Å²) in [6, 6.07) is 32.5. The van der Waals surface area contributed by atoms with Crippen molar-refractivity contribution in [2.24, 2.45) is 0 Å². The number of carboxylic acids is 1. The SMILES string of the molecule is COC(=O)c1ccc2ccc(Oc3ccnc4cc(OC)c(OC)cc34)cc2c1.COc1cc2nccc(Oc3ccc4ccc(C(=O)O)cc4c3)c2cc1OC. The van der Waals surface area contributed by atoms with E-state index in [9.17, 15) is 14.7 Å². The van der Waals surface area contributed by atoms with Gasteiger partial charge in [-0.25, -0.2) is 9.59 Å². The molecule has 0 bridgehead atoms. The van der Waals surface area contributed by atoms with Gasteiger partial charge in [0.05, 0.1) is 57.7 Å². The number of carbonyl (C=O) groups is 2. The number of fused-ring (bicyclic) bond motifs is 4. The molecule has 0 unspecified atom stereocenters. The van der Waals surface area contributed by atoms with Crippen LogP contribution in [0.1, 0.15) is 20.7 Å². The molecule has 0 atom stereocenters. The fraction of sp³-hybridized carbons (Fsp3) is 0.111. The number of aromatic carboxylic acids is 1. The van der Waals surface area contributed by atoms with E-state index in [0.29, 0.717) is 57.1 Å². The highest BCUT2D eigenvalue weighted by atomic mass is 16.5. The van der Waals surface area contributed by atoms with E-state index < -0.39 is 5.97 Å². The van der Waals surface area contributed by atoms with Gasteiger partial charge in [0.15, 0.2) is 23.0 Å². The molecule has 57 heavy (non-hydrogen) atoms. The van der Waals surface area contributed by atoms with E-state index >= 15 is 0 Å². The topological polar surface area (TPSA) is 145 Å². The Morgan fingerprint density at radius 1 is 0.456 bits per heavy atom. The van der Waals surface area contributed by atoms with Crippen molar-refractivity contribution < 1.29 is 47.9 Å². The minimum Gasteiger partial charge on any atom is -0.493 e. The minimum absolute atomic E-state index is 0.232. The Morgan fingerprint density at radius 3 is 1.32 bits per heavy atom. The first kappa shape index (κ1) is 37.7. The summed E-state index contributed by atoms with van der Waals surface area (Å²) < 4.78 is 38.5. The summed E-state index contributed by atoms with van der Waals surface area (Å²) in [5, 5.41) is 14.4. The molecule has 0 radical (unpaired) electrons. The monoisotopic (exact) mass is 764 g/mol. The van der Waals surface area contributed by atoms with Gasteiger partial charge in [0.25, 0.3) is 0 Å². The third kappa shape index (κ3) is 7.96. The van der Waals surface area contributed by atoms with Crippen LogP contribution < -0.4 is 28.4 Å². The number of aromatic nitrogens is 2. The van der Waals surface area contributed by atoms with Crippen molar-refractivity contribution in [2.45, 2.75) is 0 Å². The number of benzene rings is 6. The molecular weight excluding hydrogens is 728 g/mol. The molecule has 0 saturated heterocycles. The van der Waals surface area contributed by atoms with E-state index in [4.69, 9.17) is 33.2 Å². The molecule has 286 valence electrons. The van der Waals surface area contributed by atoms with Crippen molar-refractivity contribution >= 4 is 55.3 Å². The van der Waals surface area contributed by atoms with Gasteiger partial charge < -0.3 is 38.3 Å². The molecule has 2 heterocycles. The Morgan fingerprint density at radius 2 is 0.877 bits per heavy atom. The summed E-state index contributed by atoms with van der Waals surface area (Å²) in [5.41, 5.74) is 2.16. The van der Waals surface area contributed by atoms with Gasteiger partial charge in [0.2, 0.25) is 0 Å². The first-order valence-corrected chi connectivity index (χ1v) is 17.5. The van der Waals surface area contributed by atoms with Crippen LogP contribution in [0, 0.1) is 0 Å². The molecule has 0 saturated carbocycles. The minimum atomic E-state index is -0.964. The lowest BCUT2D eigenvalue weighted by Crippen LogP contribution is -2.00. The quantitative estimate of drug-likeness (QED) is 0.132. The smallest absolute Gasteiger partial charge is 0.337 e. The number of nitrogens with zero attached hydrogens (tertiary/aromatic N) is 2. The zero-order valence-corrected chi connectivity index (χ0v) is 31.6. The normalized spacial score (nSPS) is 10.8. The van der Waals surface area contributed by atoms with Crippen molar-refractivity contribution in [2.75, 3.05) is 35.5 Å². The number of carbonyl (C=O) groups excluding carboxylic acids is 1. The van der Waals surface area contributed by atoms with Gasteiger partial charge in [0, 0.05) is 35.3 Å². The predicted octanol–water partition coefficient (Wildman–Crippen LogP) is 9.88. The maximum Gasteiger partial charge on any atom is 0.337 e. The van der Waals surface area contributed by atoms with Gasteiger partial charge in [-0.05, 0) is 94.3 Å². The van der Waals surface area contributed by atoms with Crippen LogP contribution in [0.2, 0.25) is 0 Å². The van der Waals surface area contributed by atoms with Crippen molar-refractivity contribution in [1.82, 2.24) is 9.97 Å². The maximum absolute atomic E-state index is 11.8. The highest BCUT2D eigenvalue weighted by Crippen LogP contribution is 2.39.